The maximum absolute atomic E-state index is 12.0. The Labute approximate surface area is 171 Å². The number of hydrogen-bond donors (Lipinski definition) is 2. The molecule has 2 rings (SSSR count). The lowest BCUT2D eigenvalue weighted by molar-refractivity contribution is -0.133. The molecule has 0 aliphatic rings. The summed E-state index contributed by atoms with van der Waals surface area (Å²) in [5.74, 6) is 0.863. The first-order chi connectivity index (χ1) is 13.0. The van der Waals surface area contributed by atoms with Crippen molar-refractivity contribution in [3.8, 4) is 17.2 Å². The Hall–Kier alpha value is -2.49. The van der Waals surface area contributed by atoms with E-state index < -0.39 is 17.9 Å². The van der Waals surface area contributed by atoms with Gasteiger partial charge in [-0.3, -0.25) is 20.4 Å². The van der Waals surface area contributed by atoms with Gasteiger partial charge in [-0.2, -0.15) is 0 Å². The van der Waals surface area contributed by atoms with Crippen LogP contribution in [0.5, 0.6) is 17.2 Å². The first-order valence-corrected chi connectivity index (χ1v) is 9.42. The quantitative estimate of drug-likeness (QED) is 0.445. The Morgan fingerprint density at radius 3 is 2.11 bits per heavy atom. The Morgan fingerprint density at radius 1 is 0.926 bits per heavy atom. The maximum Gasteiger partial charge on any atom is 0.279 e. The molecule has 2 aromatic rings. The van der Waals surface area contributed by atoms with Crippen LogP contribution >= 0.6 is 22.6 Å². The monoisotopic (exact) mass is 484 g/mol. The van der Waals surface area contributed by atoms with E-state index in [1.54, 1.807) is 43.3 Å². The second kappa shape index (κ2) is 10.6. The highest BCUT2D eigenvalue weighted by Crippen LogP contribution is 2.18. The summed E-state index contributed by atoms with van der Waals surface area (Å²) in [6.45, 7) is 3.84. The van der Waals surface area contributed by atoms with Gasteiger partial charge in [-0.15, -0.1) is 0 Å². The van der Waals surface area contributed by atoms with Gasteiger partial charge in [0.25, 0.3) is 11.8 Å². The first-order valence-electron chi connectivity index (χ1n) is 8.34. The van der Waals surface area contributed by atoms with E-state index in [-0.39, 0.29) is 6.61 Å². The molecule has 0 saturated heterocycles. The summed E-state index contributed by atoms with van der Waals surface area (Å²) in [6, 6.07) is 14.2. The average Bonchev–Trinajstić information content (AvgIpc) is 2.67. The fourth-order valence-corrected chi connectivity index (χ4v) is 2.35. The zero-order chi connectivity index (χ0) is 19.6. The summed E-state index contributed by atoms with van der Waals surface area (Å²) in [5.41, 5.74) is 4.60. The van der Waals surface area contributed by atoms with Crippen LogP contribution in [0.15, 0.2) is 48.5 Å². The molecule has 2 N–H and O–H groups in total. The van der Waals surface area contributed by atoms with Gasteiger partial charge in [0, 0.05) is 3.57 Å². The summed E-state index contributed by atoms with van der Waals surface area (Å²) in [7, 11) is 0. The molecule has 0 aliphatic carbocycles. The van der Waals surface area contributed by atoms with Crippen LogP contribution in [0.1, 0.15) is 13.8 Å². The number of halogens is 1. The van der Waals surface area contributed by atoms with Crippen molar-refractivity contribution in [1.82, 2.24) is 10.9 Å². The smallest absolute Gasteiger partial charge is 0.279 e. The van der Waals surface area contributed by atoms with Gasteiger partial charge >= 0.3 is 0 Å². The highest BCUT2D eigenvalue weighted by atomic mass is 127. The Morgan fingerprint density at radius 2 is 1.48 bits per heavy atom. The minimum Gasteiger partial charge on any atom is -0.494 e. The molecular formula is C19H21IN2O5. The highest BCUT2D eigenvalue weighted by Gasteiger charge is 2.15. The topological polar surface area (TPSA) is 85.9 Å². The predicted molar refractivity (Wildman–Crippen MR) is 109 cm³/mol. The Kier molecular flexibility index (Phi) is 8.18. The zero-order valence-electron chi connectivity index (χ0n) is 15.0. The third-order valence-electron chi connectivity index (χ3n) is 3.33. The summed E-state index contributed by atoms with van der Waals surface area (Å²) in [4.78, 5) is 23.8. The van der Waals surface area contributed by atoms with E-state index in [1.807, 2.05) is 19.1 Å². The normalized spacial score (nSPS) is 11.2. The second-order valence-corrected chi connectivity index (χ2v) is 6.69. The zero-order valence-corrected chi connectivity index (χ0v) is 17.2. The molecule has 27 heavy (non-hydrogen) atoms. The van der Waals surface area contributed by atoms with Gasteiger partial charge < -0.3 is 14.2 Å². The largest absolute Gasteiger partial charge is 0.494 e. The van der Waals surface area contributed by atoms with Crippen molar-refractivity contribution in [3.63, 3.8) is 0 Å². The standard InChI is InChI=1S/C19H21IN2O5/c1-3-25-15-8-10-17(11-9-15)27-13(2)19(24)22-21-18(23)12-26-16-6-4-14(20)5-7-16/h4-11,13H,3,12H2,1-2H3,(H,21,23)(H,22,24). The summed E-state index contributed by atoms with van der Waals surface area (Å²) < 4.78 is 17.3. The van der Waals surface area contributed by atoms with E-state index in [9.17, 15) is 9.59 Å². The summed E-state index contributed by atoms with van der Waals surface area (Å²) in [5, 5.41) is 0. The molecule has 1 atom stereocenters. The lowest BCUT2D eigenvalue weighted by Crippen LogP contribution is -2.48. The SMILES string of the molecule is CCOc1ccc(OC(C)C(=O)NNC(=O)COc2ccc(I)cc2)cc1. The van der Waals surface area contributed by atoms with Crippen LogP contribution in [0.25, 0.3) is 0 Å². The van der Waals surface area contributed by atoms with Crippen LogP contribution in [-0.2, 0) is 9.59 Å². The van der Waals surface area contributed by atoms with E-state index >= 15 is 0 Å². The second-order valence-electron chi connectivity index (χ2n) is 5.44. The van der Waals surface area contributed by atoms with Gasteiger partial charge in [0.05, 0.1) is 6.61 Å². The highest BCUT2D eigenvalue weighted by molar-refractivity contribution is 14.1. The predicted octanol–water partition coefficient (Wildman–Crippen LogP) is 2.68. The van der Waals surface area contributed by atoms with Crippen LogP contribution in [0.4, 0.5) is 0 Å². The number of amides is 2. The molecule has 1 unspecified atom stereocenters. The van der Waals surface area contributed by atoms with Crippen LogP contribution in [0.3, 0.4) is 0 Å². The molecule has 0 radical (unpaired) electrons. The minimum absolute atomic E-state index is 0.213. The van der Waals surface area contributed by atoms with Crippen molar-refractivity contribution in [2.75, 3.05) is 13.2 Å². The Balaban J connectivity index is 1.71. The van der Waals surface area contributed by atoms with Crippen molar-refractivity contribution < 1.29 is 23.8 Å². The molecule has 144 valence electrons. The summed E-state index contributed by atoms with van der Waals surface area (Å²) >= 11 is 2.18. The van der Waals surface area contributed by atoms with Gasteiger partial charge in [0.1, 0.15) is 17.2 Å². The molecule has 7 nitrogen and oxygen atoms in total. The molecule has 0 saturated carbocycles. The van der Waals surface area contributed by atoms with E-state index in [0.29, 0.717) is 18.1 Å². The number of nitrogens with one attached hydrogen (secondary N) is 2. The van der Waals surface area contributed by atoms with E-state index in [0.717, 1.165) is 9.32 Å². The fraction of sp³-hybridized carbons (Fsp3) is 0.263. The van der Waals surface area contributed by atoms with Crippen molar-refractivity contribution in [1.29, 1.82) is 0 Å². The van der Waals surface area contributed by atoms with E-state index in [1.165, 1.54) is 0 Å². The molecule has 0 fully saturated rings. The molecule has 0 aliphatic heterocycles. The Bertz CT molecular complexity index is 750. The molecule has 2 amide bonds. The van der Waals surface area contributed by atoms with Crippen molar-refractivity contribution >= 4 is 34.4 Å². The number of rotatable bonds is 8. The third-order valence-corrected chi connectivity index (χ3v) is 4.04. The van der Waals surface area contributed by atoms with Crippen LogP contribution < -0.4 is 25.1 Å². The maximum atomic E-state index is 12.0. The van der Waals surface area contributed by atoms with Gasteiger partial charge in [-0.05, 0) is 85.0 Å². The number of carbonyl (C=O) groups is 2. The van der Waals surface area contributed by atoms with Crippen molar-refractivity contribution in [3.05, 3.63) is 52.1 Å². The molecule has 0 spiro atoms. The molecule has 0 heterocycles. The van der Waals surface area contributed by atoms with Gasteiger partial charge in [-0.25, -0.2) is 0 Å². The lowest BCUT2D eigenvalue weighted by Gasteiger charge is -2.15. The van der Waals surface area contributed by atoms with Crippen molar-refractivity contribution in [2.24, 2.45) is 0 Å². The number of benzene rings is 2. The van der Waals surface area contributed by atoms with Crippen LogP contribution in [-0.4, -0.2) is 31.1 Å². The van der Waals surface area contributed by atoms with Gasteiger partial charge in [0.2, 0.25) is 0 Å². The molecule has 8 heteroatoms. The fourth-order valence-electron chi connectivity index (χ4n) is 1.99. The minimum atomic E-state index is -0.791. The molecular weight excluding hydrogens is 463 g/mol. The van der Waals surface area contributed by atoms with E-state index in [2.05, 4.69) is 33.4 Å². The number of hydrogen-bond acceptors (Lipinski definition) is 5. The summed E-state index contributed by atoms with van der Waals surface area (Å²) in [6.07, 6.45) is -0.791. The first kappa shape index (κ1) is 20.8. The molecule has 0 aromatic heterocycles. The lowest BCUT2D eigenvalue weighted by atomic mass is 10.3. The van der Waals surface area contributed by atoms with Gasteiger partial charge in [0.15, 0.2) is 12.7 Å². The number of carbonyl (C=O) groups excluding carboxylic acids is 2. The average molecular weight is 484 g/mol. The molecule has 2 aromatic carbocycles. The number of hydrazine groups is 1. The molecule has 0 bridgehead atoms. The van der Waals surface area contributed by atoms with Crippen LogP contribution in [0.2, 0.25) is 0 Å². The van der Waals surface area contributed by atoms with E-state index in [4.69, 9.17) is 14.2 Å². The number of ether oxygens (including phenoxy) is 3. The van der Waals surface area contributed by atoms with Crippen LogP contribution in [0, 0.1) is 3.57 Å². The third kappa shape index (κ3) is 7.33. The van der Waals surface area contributed by atoms with Gasteiger partial charge in [-0.1, -0.05) is 0 Å². The van der Waals surface area contributed by atoms with Crippen molar-refractivity contribution in [2.45, 2.75) is 20.0 Å².